The molecule has 0 spiro atoms. The Labute approximate surface area is 202 Å². The lowest BCUT2D eigenvalue weighted by molar-refractivity contribution is -0.274. The van der Waals surface area contributed by atoms with Crippen LogP contribution in [0.2, 0.25) is 0 Å². The number of pyridine rings is 1. The first-order chi connectivity index (χ1) is 17.2. The van der Waals surface area contributed by atoms with Crippen molar-refractivity contribution >= 4 is 17.5 Å². The molecule has 8 nitrogen and oxygen atoms in total. The Balaban J connectivity index is 2.02. The van der Waals surface area contributed by atoms with Gasteiger partial charge in [-0.15, -0.1) is 13.2 Å². The van der Waals surface area contributed by atoms with Crippen LogP contribution in [-0.4, -0.2) is 30.3 Å². The summed E-state index contributed by atoms with van der Waals surface area (Å²) >= 11 is 0. The molecule has 3 N–H and O–H groups in total. The van der Waals surface area contributed by atoms with E-state index in [9.17, 15) is 40.3 Å². The topological polar surface area (TPSA) is 113 Å². The fraction of sp³-hybridized carbons (Fsp3) is 0.136. The number of ether oxygens (including phenoxy) is 3. The Hall–Kier alpha value is -4.56. The van der Waals surface area contributed by atoms with E-state index in [2.05, 4.69) is 15.0 Å². The number of nitrogens with two attached hydrogens (primary N) is 1. The van der Waals surface area contributed by atoms with Crippen LogP contribution < -0.4 is 25.3 Å². The predicted octanol–water partition coefficient (Wildman–Crippen LogP) is 5.29. The van der Waals surface area contributed by atoms with E-state index in [1.807, 2.05) is 0 Å². The number of hydrogen-bond acceptors (Lipinski definition) is 6. The van der Waals surface area contributed by atoms with Gasteiger partial charge in [-0.2, -0.15) is 13.2 Å². The lowest BCUT2D eigenvalue weighted by atomic mass is 10.1. The molecule has 0 saturated heterocycles. The van der Waals surface area contributed by atoms with Gasteiger partial charge < -0.3 is 25.3 Å². The van der Waals surface area contributed by atoms with Crippen molar-refractivity contribution in [3.05, 3.63) is 71.3 Å². The van der Waals surface area contributed by atoms with Crippen LogP contribution in [0.5, 0.6) is 23.0 Å². The summed E-state index contributed by atoms with van der Waals surface area (Å²) in [6, 6.07) is 5.68. The van der Waals surface area contributed by atoms with E-state index in [1.54, 1.807) is 0 Å². The highest BCUT2D eigenvalue weighted by Crippen LogP contribution is 2.40. The number of aromatic nitrogens is 1. The third-order valence-corrected chi connectivity index (χ3v) is 4.50. The lowest BCUT2D eigenvalue weighted by Crippen LogP contribution is -2.19. The van der Waals surface area contributed by atoms with Gasteiger partial charge in [-0.3, -0.25) is 9.59 Å². The van der Waals surface area contributed by atoms with Crippen LogP contribution in [0.3, 0.4) is 0 Å². The van der Waals surface area contributed by atoms with E-state index in [1.165, 1.54) is 0 Å². The summed E-state index contributed by atoms with van der Waals surface area (Å²) < 4.78 is 106. The van der Waals surface area contributed by atoms with E-state index in [4.69, 9.17) is 15.2 Å². The minimum atomic E-state index is -5.18. The predicted molar refractivity (Wildman–Crippen MR) is 112 cm³/mol. The first-order valence-corrected chi connectivity index (χ1v) is 9.78. The summed E-state index contributed by atoms with van der Waals surface area (Å²) in [6.45, 7) is 0. The van der Waals surface area contributed by atoms with Crippen LogP contribution in [0.4, 0.5) is 36.4 Å². The van der Waals surface area contributed by atoms with Gasteiger partial charge >= 0.3 is 12.5 Å². The molecule has 1 heterocycles. The van der Waals surface area contributed by atoms with Crippen molar-refractivity contribution in [2.75, 3.05) is 12.4 Å². The highest BCUT2D eigenvalue weighted by molar-refractivity contribution is 6.06. The minimum absolute atomic E-state index is 0.135. The average molecular weight is 533 g/mol. The number of hydrogen-bond donors (Lipinski definition) is 2. The smallest absolute Gasteiger partial charge is 0.493 e. The third kappa shape index (κ3) is 6.56. The summed E-state index contributed by atoms with van der Waals surface area (Å²) in [7, 11) is 1.04. The number of nitrogens with zero attached hydrogens (tertiary/aromatic N) is 1. The van der Waals surface area contributed by atoms with Crippen LogP contribution in [0.15, 0.2) is 48.7 Å². The number of carbonyl (C=O) groups excluding carboxylic acids is 2. The van der Waals surface area contributed by atoms with Gasteiger partial charge in [0.2, 0.25) is 0 Å². The molecule has 0 fully saturated rings. The quantitative estimate of drug-likeness (QED) is 0.399. The average Bonchev–Trinajstić information content (AvgIpc) is 2.78. The van der Waals surface area contributed by atoms with E-state index < -0.39 is 52.8 Å². The molecule has 15 heteroatoms. The number of benzene rings is 2. The molecule has 0 aliphatic rings. The second-order valence-electron chi connectivity index (χ2n) is 7.01. The van der Waals surface area contributed by atoms with E-state index in [0.29, 0.717) is 12.1 Å². The molecule has 1 aromatic heterocycles. The Morgan fingerprint density at radius 2 is 1.62 bits per heavy atom. The molecule has 0 radical (unpaired) electrons. The second kappa shape index (κ2) is 10.2. The molecule has 2 aromatic carbocycles. The van der Waals surface area contributed by atoms with Crippen molar-refractivity contribution in [3.63, 3.8) is 0 Å². The maximum Gasteiger partial charge on any atom is 0.573 e. The molecule has 3 rings (SSSR count). The molecule has 0 aliphatic carbocycles. The maximum absolute atomic E-state index is 15.0. The van der Waals surface area contributed by atoms with Crippen molar-refractivity contribution in [2.45, 2.75) is 12.5 Å². The fourth-order valence-electron chi connectivity index (χ4n) is 2.93. The van der Waals surface area contributed by atoms with Gasteiger partial charge in [-0.25, -0.2) is 9.37 Å². The van der Waals surface area contributed by atoms with Crippen molar-refractivity contribution in [3.8, 4) is 23.0 Å². The Bertz CT molecular complexity index is 1330. The maximum atomic E-state index is 15.0. The number of halogens is 7. The second-order valence-corrected chi connectivity index (χ2v) is 7.01. The highest BCUT2D eigenvalue weighted by Gasteiger charge is 2.38. The summed E-state index contributed by atoms with van der Waals surface area (Å²) in [5.41, 5.74) is 1.76. The van der Waals surface area contributed by atoms with Crippen molar-refractivity contribution < 1.29 is 54.5 Å². The minimum Gasteiger partial charge on any atom is -0.493 e. The zero-order valence-corrected chi connectivity index (χ0v) is 18.3. The fourth-order valence-corrected chi connectivity index (χ4v) is 2.93. The third-order valence-electron chi connectivity index (χ3n) is 4.50. The molecule has 2 amide bonds. The van der Waals surface area contributed by atoms with Crippen LogP contribution in [0.1, 0.15) is 26.4 Å². The van der Waals surface area contributed by atoms with Crippen LogP contribution in [0.25, 0.3) is 0 Å². The number of rotatable bonds is 7. The van der Waals surface area contributed by atoms with Gasteiger partial charge in [0.05, 0.1) is 24.6 Å². The molecule has 0 aliphatic heterocycles. The van der Waals surface area contributed by atoms with Gasteiger partial charge in [-0.1, -0.05) is 0 Å². The van der Waals surface area contributed by atoms with Gasteiger partial charge in [0.15, 0.2) is 17.3 Å². The number of anilines is 1. The van der Waals surface area contributed by atoms with Gasteiger partial charge in [-0.05, 0) is 36.4 Å². The molecular weight excluding hydrogens is 519 g/mol. The Kier molecular flexibility index (Phi) is 7.45. The highest BCUT2D eigenvalue weighted by atomic mass is 19.4. The number of amides is 2. The van der Waals surface area contributed by atoms with Gasteiger partial charge in [0.1, 0.15) is 22.8 Å². The largest absolute Gasteiger partial charge is 0.573 e. The van der Waals surface area contributed by atoms with Crippen LogP contribution in [-0.2, 0) is 6.18 Å². The molecule has 0 atom stereocenters. The zero-order valence-electron chi connectivity index (χ0n) is 18.3. The van der Waals surface area contributed by atoms with Crippen LogP contribution >= 0.6 is 0 Å². The first kappa shape index (κ1) is 27.0. The lowest BCUT2D eigenvalue weighted by Gasteiger charge is -2.18. The molecule has 0 saturated carbocycles. The summed E-state index contributed by atoms with van der Waals surface area (Å²) in [5, 5.41) is 2.12. The van der Waals surface area contributed by atoms with E-state index >= 15 is 0 Å². The zero-order chi connectivity index (χ0) is 27.5. The summed E-state index contributed by atoms with van der Waals surface area (Å²) in [6.07, 6.45) is -9.26. The molecule has 37 heavy (non-hydrogen) atoms. The van der Waals surface area contributed by atoms with Crippen molar-refractivity contribution in [1.82, 2.24) is 4.98 Å². The van der Waals surface area contributed by atoms with Crippen molar-refractivity contribution in [2.24, 2.45) is 5.73 Å². The monoisotopic (exact) mass is 533 g/mol. The standard InChI is InChI=1S/C22H14F7N3O5/c1-35-16-8-11(37-22(27,28)29)3-6-14(16)36-15-7-4-12(21(24,25)26)18(23)17(15)20(34)32-10-2-5-13(19(30)33)31-9-10/h2-9H,1H3,(H2,30,33)(H,32,34). The van der Waals surface area contributed by atoms with Gasteiger partial charge in [0.25, 0.3) is 11.8 Å². The molecular formula is C22H14F7N3O5. The summed E-state index contributed by atoms with van der Waals surface area (Å²) in [5.74, 6) is -6.47. The summed E-state index contributed by atoms with van der Waals surface area (Å²) in [4.78, 5) is 27.6. The molecule has 3 aromatic rings. The molecule has 0 unspecified atom stereocenters. The number of methoxy groups -OCH3 is 1. The number of alkyl halides is 6. The first-order valence-electron chi connectivity index (χ1n) is 9.78. The number of primary amides is 1. The molecule has 196 valence electrons. The number of carbonyl (C=O) groups is 2. The Morgan fingerprint density at radius 1 is 0.946 bits per heavy atom. The number of nitrogens with one attached hydrogen (secondary N) is 1. The Morgan fingerprint density at radius 3 is 2.16 bits per heavy atom. The van der Waals surface area contributed by atoms with Gasteiger partial charge in [0, 0.05) is 6.07 Å². The molecule has 0 bridgehead atoms. The van der Waals surface area contributed by atoms with E-state index in [0.717, 1.165) is 43.6 Å². The van der Waals surface area contributed by atoms with Crippen LogP contribution in [0, 0.1) is 5.82 Å². The van der Waals surface area contributed by atoms with Crippen molar-refractivity contribution in [1.29, 1.82) is 0 Å². The normalized spacial score (nSPS) is 11.6. The van der Waals surface area contributed by atoms with E-state index in [-0.39, 0.29) is 22.9 Å². The SMILES string of the molecule is COc1cc(OC(F)(F)F)ccc1Oc1ccc(C(F)(F)F)c(F)c1C(=O)Nc1ccc(C(N)=O)nc1.